The van der Waals surface area contributed by atoms with Crippen molar-refractivity contribution in [2.45, 2.75) is 25.1 Å². The van der Waals surface area contributed by atoms with Gasteiger partial charge in [0.15, 0.2) is 5.69 Å². The number of likely N-dealkylation sites (tertiary alicyclic amines) is 1. The van der Waals surface area contributed by atoms with Gasteiger partial charge in [-0.15, -0.1) is 0 Å². The molecule has 158 valence electrons. The number of hydrogen-bond acceptors (Lipinski definition) is 4. The summed E-state index contributed by atoms with van der Waals surface area (Å²) in [6, 6.07) is 12.1. The van der Waals surface area contributed by atoms with Gasteiger partial charge in [0.05, 0.1) is 11.1 Å². The number of carbonyl (C=O) groups excluding carboxylic acids is 1. The Bertz CT molecular complexity index is 1070. The van der Waals surface area contributed by atoms with Gasteiger partial charge in [0.2, 0.25) is 0 Å². The highest BCUT2D eigenvalue weighted by molar-refractivity contribution is 5.98. The second-order valence-electron chi connectivity index (χ2n) is 7.57. The zero-order valence-electron chi connectivity index (χ0n) is 16.3. The van der Waals surface area contributed by atoms with E-state index in [4.69, 9.17) is 4.74 Å². The number of aromatic nitrogens is 1. The highest BCUT2D eigenvalue weighted by Crippen LogP contribution is 2.39. The highest BCUT2D eigenvalue weighted by atomic mass is 19.4. The summed E-state index contributed by atoms with van der Waals surface area (Å²) in [7, 11) is 1.96. The smallest absolute Gasteiger partial charge is 0.417 e. The molecule has 4 rings (SSSR count). The van der Waals surface area contributed by atoms with Gasteiger partial charge in [-0.25, -0.2) is 4.79 Å². The highest BCUT2D eigenvalue weighted by Gasteiger charge is 2.35. The van der Waals surface area contributed by atoms with E-state index in [0.29, 0.717) is 28.7 Å². The summed E-state index contributed by atoms with van der Waals surface area (Å²) in [5.41, 5.74) is -0.473. The number of piperidine rings is 1. The van der Waals surface area contributed by atoms with Crippen LogP contribution in [0.4, 0.5) is 13.2 Å². The molecule has 0 aliphatic carbocycles. The molecular formula is C22H21F3N2O3. The van der Waals surface area contributed by atoms with Crippen molar-refractivity contribution in [1.29, 1.82) is 0 Å². The number of esters is 1. The van der Waals surface area contributed by atoms with Gasteiger partial charge < -0.3 is 14.8 Å². The van der Waals surface area contributed by atoms with Crippen LogP contribution in [0, 0.1) is 0 Å². The lowest BCUT2D eigenvalue weighted by atomic mass is 10.00. The van der Waals surface area contributed by atoms with Crippen molar-refractivity contribution in [3.05, 3.63) is 59.8 Å². The molecule has 0 bridgehead atoms. The van der Waals surface area contributed by atoms with E-state index in [0.717, 1.165) is 25.2 Å². The van der Waals surface area contributed by atoms with Crippen molar-refractivity contribution in [2.24, 2.45) is 0 Å². The zero-order valence-corrected chi connectivity index (χ0v) is 16.3. The van der Waals surface area contributed by atoms with Gasteiger partial charge in [0.1, 0.15) is 6.10 Å². The summed E-state index contributed by atoms with van der Waals surface area (Å²) >= 11 is 0. The lowest BCUT2D eigenvalue weighted by molar-refractivity contribution is -0.136. The standard InChI is InChI=1S/C22H21F3N2O3/c1-26-9-7-16(8-10-26)30-21(28)20-13-17-18(22(23,24)25)11-15(12-19(17)27(20)29)14-5-3-2-4-6-14/h2-6,11-13,16,29H,7-10H2,1H3. The van der Waals surface area contributed by atoms with Crippen LogP contribution in [0.25, 0.3) is 22.0 Å². The first-order valence-corrected chi connectivity index (χ1v) is 9.65. The number of nitrogens with zero attached hydrogens (tertiary/aromatic N) is 2. The number of fused-ring (bicyclic) bond motifs is 1. The fraction of sp³-hybridized carbons (Fsp3) is 0.318. The first kappa shape index (κ1) is 20.3. The second-order valence-corrected chi connectivity index (χ2v) is 7.57. The Morgan fingerprint density at radius 1 is 1.07 bits per heavy atom. The van der Waals surface area contributed by atoms with Gasteiger partial charge >= 0.3 is 12.1 Å². The van der Waals surface area contributed by atoms with Crippen LogP contribution < -0.4 is 0 Å². The average Bonchev–Trinajstić information content (AvgIpc) is 3.05. The maximum atomic E-state index is 13.8. The van der Waals surface area contributed by atoms with Crippen molar-refractivity contribution in [1.82, 2.24) is 9.63 Å². The van der Waals surface area contributed by atoms with E-state index >= 15 is 0 Å². The third-order valence-electron chi connectivity index (χ3n) is 5.46. The molecule has 1 aromatic heterocycles. The Morgan fingerprint density at radius 3 is 2.37 bits per heavy atom. The van der Waals surface area contributed by atoms with Gasteiger partial charge in [0.25, 0.3) is 0 Å². The van der Waals surface area contributed by atoms with Crippen LogP contribution >= 0.6 is 0 Å². The molecule has 2 heterocycles. The Kier molecular flexibility index (Phi) is 5.19. The van der Waals surface area contributed by atoms with E-state index < -0.39 is 17.7 Å². The van der Waals surface area contributed by atoms with Gasteiger partial charge in [-0.3, -0.25) is 0 Å². The molecule has 1 N–H and O–H groups in total. The van der Waals surface area contributed by atoms with E-state index in [9.17, 15) is 23.2 Å². The molecule has 2 aromatic carbocycles. The summed E-state index contributed by atoms with van der Waals surface area (Å²) < 4.78 is 47.2. The molecule has 0 amide bonds. The predicted octanol–water partition coefficient (Wildman–Crippen LogP) is 4.82. The van der Waals surface area contributed by atoms with Crippen LogP contribution in [0.3, 0.4) is 0 Å². The molecule has 0 saturated carbocycles. The van der Waals surface area contributed by atoms with Gasteiger partial charge in [-0.05, 0) is 49.2 Å². The Hall–Kier alpha value is -3.00. The average molecular weight is 418 g/mol. The number of ether oxygens (including phenoxy) is 1. The SMILES string of the molecule is CN1CCC(OC(=O)c2cc3c(C(F)(F)F)cc(-c4ccccc4)cc3n2O)CC1. The molecule has 1 fully saturated rings. The molecular weight excluding hydrogens is 397 g/mol. The van der Waals surface area contributed by atoms with Crippen molar-refractivity contribution in [2.75, 3.05) is 20.1 Å². The monoisotopic (exact) mass is 418 g/mol. The molecule has 0 unspecified atom stereocenters. The fourth-order valence-electron chi connectivity index (χ4n) is 3.78. The summed E-state index contributed by atoms with van der Waals surface area (Å²) in [6.07, 6.45) is -3.70. The fourth-order valence-corrected chi connectivity index (χ4v) is 3.78. The minimum Gasteiger partial charge on any atom is -0.458 e. The van der Waals surface area contributed by atoms with E-state index in [1.54, 1.807) is 30.3 Å². The number of alkyl halides is 3. The largest absolute Gasteiger partial charge is 0.458 e. The van der Waals surface area contributed by atoms with E-state index in [1.807, 2.05) is 7.05 Å². The van der Waals surface area contributed by atoms with E-state index in [2.05, 4.69) is 4.90 Å². The third kappa shape index (κ3) is 3.87. The summed E-state index contributed by atoms with van der Waals surface area (Å²) in [5.74, 6) is -0.836. The number of carbonyl (C=O) groups is 1. The number of halogens is 3. The quantitative estimate of drug-likeness (QED) is 0.490. The van der Waals surface area contributed by atoms with Crippen molar-refractivity contribution < 1.29 is 27.9 Å². The molecule has 5 nitrogen and oxygen atoms in total. The molecule has 0 spiro atoms. The molecule has 0 atom stereocenters. The number of rotatable bonds is 3. The topological polar surface area (TPSA) is 54.7 Å². The van der Waals surface area contributed by atoms with Crippen LogP contribution in [0.5, 0.6) is 0 Å². The molecule has 1 aliphatic rings. The van der Waals surface area contributed by atoms with Gasteiger partial charge in [0, 0.05) is 18.5 Å². The molecule has 8 heteroatoms. The third-order valence-corrected chi connectivity index (χ3v) is 5.46. The zero-order chi connectivity index (χ0) is 21.5. The van der Waals surface area contributed by atoms with Crippen molar-refractivity contribution >= 4 is 16.9 Å². The summed E-state index contributed by atoms with van der Waals surface area (Å²) in [4.78, 5) is 14.7. The van der Waals surface area contributed by atoms with Crippen LogP contribution in [0.15, 0.2) is 48.5 Å². The molecule has 1 aliphatic heterocycles. The predicted molar refractivity (Wildman–Crippen MR) is 105 cm³/mol. The normalized spacial score (nSPS) is 16.1. The first-order valence-electron chi connectivity index (χ1n) is 9.65. The van der Waals surface area contributed by atoms with Crippen LogP contribution in [-0.2, 0) is 10.9 Å². The number of hydrogen-bond donors (Lipinski definition) is 1. The Balaban J connectivity index is 1.76. The number of benzene rings is 2. The summed E-state index contributed by atoms with van der Waals surface area (Å²) in [6.45, 7) is 1.53. The molecule has 30 heavy (non-hydrogen) atoms. The lowest BCUT2D eigenvalue weighted by Crippen LogP contribution is -2.35. The maximum absolute atomic E-state index is 13.8. The van der Waals surface area contributed by atoms with Crippen LogP contribution in [-0.4, -0.2) is 47.0 Å². The second kappa shape index (κ2) is 7.68. The van der Waals surface area contributed by atoms with Crippen LogP contribution in [0.2, 0.25) is 0 Å². The summed E-state index contributed by atoms with van der Waals surface area (Å²) in [5, 5.41) is 10.3. The van der Waals surface area contributed by atoms with Crippen molar-refractivity contribution in [3.8, 4) is 11.1 Å². The minimum absolute atomic E-state index is 0.0981. The molecule has 3 aromatic rings. The van der Waals surface area contributed by atoms with Gasteiger partial charge in [-0.2, -0.15) is 17.9 Å². The van der Waals surface area contributed by atoms with Crippen molar-refractivity contribution in [3.63, 3.8) is 0 Å². The van der Waals surface area contributed by atoms with E-state index in [-0.39, 0.29) is 22.7 Å². The molecule has 1 saturated heterocycles. The minimum atomic E-state index is -4.65. The first-order chi connectivity index (χ1) is 14.2. The molecule has 0 radical (unpaired) electrons. The Labute approximate surface area is 171 Å². The maximum Gasteiger partial charge on any atom is 0.417 e. The Morgan fingerprint density at radius 2 is 1.73 bits per heavy atom. The van der Waals surface area contributed by atoms with E-state index in [1.165, 1.54) is 6.07 Å². The lowest BCUT2D eigenvalue weighted by Gasteiger charge is -2.28. The van der Waals surface area contributed by atoms with Gasteiger partial charge in [-0.1, -0.05) is 30.3 Å². The van der Waals surface area contributed by atoms with Crippen LogP contribution in [0.1, 0.15) is 28.9 Å².